The Balaban J connectivity index is 4.21. The largest absolute Gasteiger partial charge is 0.395 e. The maximum absolute atomic E-state index is 9.42. The van der Waals surface area contributed by atoms with Crippen molar-refractivity contribution in [2.45, 2.75) is 19.4 Å². The Morgan fingerprint density at radius 1 is 0.810 bits per heavy atom. The van der Waals surface area contributed by atoms with Crippen LogP contribution < -0.4 is 0 Å². The molecular formula is C14H32N2O5. The van der Waals surface area contributed by atoms with Crippen molar-refractivity contribution >= 4 is 0 Å². The monoisotopic (exact) mass is 308 g/mol. The molecule has 0 bridgehead atoms. The second-order valence-corrected chi connectivity index (χ2v) is 5.05. The molecule has 0 saturated heterocycles. The fourth-order valence-corrected chi connectivity index (χ4v) is 2.17. The number of β-amino-alcohol motifs (C(OH)–C–C–N with tert-alkyl or cyclic N) is 1. The molecule has 0 heterocycles. The Kier molecular flexibility index (Phi) is 12.1. The number of ether oxygens (including phenoxy) is 1. The predicted octanol–water partition coefficient (Wildman–Crippen LogP) is -1.65. The van der Waals surface area contributed by atoms with Gasteiger partial charge in [-0.05, 0) is 13.1 Å². The van der Waals surface area contributed by atoms with E-state index in [0.29, 0.717) is 19.8 Å². The average molecular weight is 308 g/mol. The fourth-order valence-electron chi connectivity index (χ4n) is 2.17. The normalized spacial score (nSPS) is 12.6. The zero-order valence-electron chi connectivity index (χ0n) is 13.4. The number of hydrogen-bond donors (Lipinski definition) is 4. The molecule has 0 aliphatic heterocycles. The topological polar surface area (TPSA) is 96.6 Å². The Hall–Kier alpha value is -0.280. The van der Waals surface area contributed by atoms with E-state index in [1.54, 1.807) is 4.90 Å². The first-order valence-electron chi connectivity index (χ1n) is 7.62. The predicted molar refractivity (Wildman–Crippen MR) is 81.3 cm³/mol. The second-order valence-electron chi connectivity index (χ2n) is 5.05. The molecule has 21 heavy (non-hydrogen) atoms. The first-order valence-corrected chi connectivity index (χ1v) is 7.62. The molecule has 0 fully saturated rings. The highest BCUT2D eigenvalue weighted by Crippen LogP contribution is 2.13. The van der Waals surface area contributed by atoms with Crippen LogP contribution >= 0.6 is 0 Å². The maximum Gasteiger partial charge on any atom is 0.0908 e. The number of nitrogens with zero attached hydrogens (tertiary/aromatic N) is 2. The molecule has 0 saturated carbocycles. The molecule has 7 nitrogen and oxygen atoms in total. The summed E-state index contributed by atoms with van der Waals surface area (Å²) in [6.07, 6.45) is 0. The molecule has 0 atom stereocenters. The van der Waals surface area contributed by atoms with Crippen molar-refractivity contribution in [3.63, 3.8) is 0 Å². The Labute approximate surface area is 127 Å². The maximum atomic E-state index is 9.42. The van der Waals surface area contributed by atoms with Crippen molar-refractivity contribution in [2.75, 3.05) is 72.4 Å². The summed E-state index contributed by atoms with van der Waals surface area (Å²) in [6, 6.07) is 0. The van der Waals surface area contributed by atoms with Gasteiger partial charge >= 0.3 is 0 Å². The van der Waals surface area contributed by atoms with E-state index < -0.39 is 5.54 Å². The highest BCUT2D eigenvalue weighted by molar-refractivity contribution is 4.89. The van der Waals surface area contributed by atoms with Crippen molar-refractivity contribution in [1.29, 1.82) is 0 Å². The van der Waals surface area contributed by atoms with Crippen molar-refractivity contribution < 1.29 is 25.2 Å². The highest BCUT2D eigenvalue weighted by atomic mass is 16.5. The third-order valence-electron chi connectivity index (χ3n) is 3.88. The van der Waals surface area contributed by atoms with Gasteiger partial charge in [0.15, 0.2) is 0 Å². The lowest BCUT2D eigenvalue weighted by atomic mass is 10.0. The number of aliphatic hydroxyl groups is 4. The summed E-state index contributed by atoms with van der Waals surface area (Å²) in [6.45, 7) is 7.52. The van der Waals surface area contributed by atoms with Crippen molar-refractivity contribution in [3.8, 4) is 0 Å². The van der Waals surface area contributed by atoms with Crippen LogP contribution in [0.2, 0.25) is 0 Å². The van der Waals surface area contributed by atoms with Crippen molar-refractivity contribution in [1.82, 2.24) is 9.80 Å². The van der Waals surface area contributed by atoms with Gasteiger partial charge in [-0.25, -0.2) is 0 Å². The van der Waals surface area contributed by atoms with E-state index in [2.05, 4.69) is 18.7 Å². The summed E-state index contributed by atoms with van der Waals surface area (Å²) in [4.78, 5) is 3.93. The lowest BCUT2D eigenvalue weighted by Gasteiger charge is -2.39. The van der Waals surface area contributed by atoms with Gasteiger partial charge in [0.2, 0.25) is 0 Å². The summed E-state index contributed by atoms with van der Waals surface area (Å²) in [5.41, 5.74) is -1.12. The number of likely N-dealkylation sites (N-methyl/N-ethyl adjacent to an activating group) is 1. The summed E-state index contributed by atoms with van der Waals surface area (Å²) >= 11 is 0. The van der Waals surface area contributed by atoms with Crippen LogP contribution in [0.5, 0.6) is 0 Å². The third kappa shape index (κ3) is 7.01. The van der Waals surface area contributed by atoms with Crippen LogP contribution in [0.4, 0.5) is 0 Å². The van der Waals surface area contributed by atoms with Crippen molar-refractivity contribution in [2.24, 2.45) is 0 Å². The fraction of sp³-hybridized carbons (Fsp3) is 1.00. The summed E-state index contributed by atoms with van der Waals surface area (Å²) in [7, 11) is 0. The van der Waals surface area contributed by atoms with Gasteiger partial charge in [-0.3, -0.25) is 4.90 Å². The lowest BCUT2D eigenvalue weighted by molar-refractivity contribution is -0.0628. The molecule has 0 unspecified atom stereocenters. The van der Waals surface area contributed by atoms with Gasteiger partial charge < -0.3 is 30.1 Å². The van der Waals surface area contributed by atoms with Gasteiger partial charge in [0.1, 0.15) is 0 Å². The van der Waals surface area contributed by atoms with Gasteiger partial charge in [0.25, 0.3) is 0 Å². The third-order valence-corrected chi connectivity index (χ3v) is 3.88. The van der Waals surface area contributed by atoms with E-state index >= 15 is 0 Å². The molecule has 0 aliphatic rings. The summed E-state index contributed by atoms with van der Waals surface area (Å²) in [5, 5.41) is 37.4. The quantitative estimate of drug-likeness (QED) is 0.286. The number of hydrogen-bond acceptors (Lipinski definition) is 7. The molecule has 0 aromatic carbocycles. The number of aliphatic hydroxyl groups excluding tert-OH is 4. The Morgan fingerprint density at radius 3 is 1.76 bits per heavy atom. The SMILES string of the molecule is CCN(CC)CCOCCN(CCO)C(CO)(CO)CO. The molecule has 0 aromatic rings. The molecule has 4 N–H and O–H groups in total. The van der Waals surface area contributed by atoms with E-state index in [1.165, 1.54) is 0 Å². The van der Waals surface area contributed by atoms with E-state index in [-0.39, 0.29) is 33.0 Å². The minimum Gasteiger partial charge on any atom is -0.395 e. The summed E-state index contributed by atoms with van der Waals surface area (Å²) in [5.74, 6) is 0. The van der Waals surface area contributed by atoms with Crippen LogP contribution in [0.1, 0.15) is 13.8 Å². The van der Waals surface area contributed by atoms with Crippen LogP contribution in [0.15, 0.2) is 0 Å². The minimum atomic E-state index is -1.12. The zero-order chi connectivity index (χ0) is 16.1. The molecule has 0 aliphatic carbocycles. The van der Waals surface area contributed by atoms with E-state index in [1.807, 2.05) is 0 Å². The number of rotatable bonds is 14. The Morgan fingerprint density at radius 2 is 1.33 bits per heavy atom. The molecular weight excluding hydrogens is 276 g/mol. The van der Waals surface area contributed by atoms with E-state index in [9.17, 15) is 15.3 Å². The molecule has 0 radical (unpaired) electrons. The molecule has 0 aromatic heterocycles. The van der Waals surface area contributed by atoms with Crippen LogP contribution in [-0.2, 0) is 4.74 Å². The van der Waals surface area contributed by atoms with Crippen LogP contribution in [0.3, 0.4) is 0 Å². The van der Waals surface area contributed by atoms with Crippen LogP contribution in [0, 0.1) is 0 Å². The minimum absolute atomic E-state index is 0.110. The van der Waals surface area contributed by atoms with E-state index in [0.717, 1.165) is 19.6 Å². The smallest absolute Gasteiger partial charge is 0.0908 e. The zero-order valence-corrected chi connectivity index (χ0v) is 13.4. The van der Waals surface area contributed by atoms with Crippen LogP contribution in [-0.4, -0.2) is 108 Å². The first-order chi connectivity index (χ1) is 10.1. The molecule has 128 valence electrons. The van der Waals surface area contributed by atoms with Gasteiger partial charge in [-0.15, -0.1) is 0 Å². The first kappa shape index (κ1) is 20.7. The van der Waals surface area contributed by atoms with E-state index in [4.69, 9.17) is 9.84 Å². The molecule has 0 amide bonds. The highest BCUT2D eigenvalue weighted by Gasteiger charge is 2.34. The lowest BCUT2D eigenvalue weighted by Crippen LogP contribution is -2.58. The van der Waals surface area contributed by atoms with Gasteiger partial charge in [0.05, 0.1) is 45.2 Å². The summed E-state index contributed by atoms with van der Waals surface area (Å²) < 4.78 is 5.56. The van der Waals surface area contributed by atoms with Gasteiger partial charge in [0, 0.05) is 19.6 Å². The van der Waals surface area contributed by atoms with Crippen molar-refractivity contribution in [3.05, 3.63) is 0 Å². The standard InChI is InChI=1S/C14H32N2O5/c1-3-15(4-2)6-9-21-10-7-16(5-8-17)14(11-18,12-19)13-20/h17-20H,3-13H2,1-2H3. The Bertz CT molecular complexity index is 227. The van der Waals surface area contributed by atoms with Gasteiger partial charge in [-0.2, -0.15) is 0 Å². The van der Waals surface area contributed by atoms with Gasteiger partial charge in [-0.1, -0.05) is 13.8 Å². The van der Waals surface area contributed by atoms with Crippen LogP contribution in [0.25, 0.3) is 0 Å². The molecule has 0 spiro atoms. The average Bonchev–Trinajstić information content (AvgIpc) is 2.53. The molecule has 7 heteroatoms. The molecule has 0 rings (SSSR count). The second kappa shape index (κ2) is 12.3.